The molecule has 1 aromatic heterocycles. The molecule has 1 aliphatic rings. The Morgan fingerprint density at radius 3 is 2.79 bits per heavy atom. The number of esters is 1. The van der Waals surface area contributed by atoms with Crippen LogP contribution >= 0.6 is 0 Å². The molecule has 1 N–H and O–H groups in total. The van der Waals surface area contributed by atoms with E-state index in [9.17, 15) is 14.7 Å². The van der Waals surface area contributed by atoms with Gasteiger partial charge in [-0.2, -0.15) is 0 Å². The Balaban J connectivity index is 2.23. The monoisotopic (exact) mass is 335 g/mol. The molecule has 130 valence electrons. The van der Waals surface area contributed by atoms with Gasteiger partial charge in [0.05, 0.1) is 6.61 Å². The number of aliphatic hydroxyl groups excluding tert-OH is 1. The van der Waals surface area contributed by atoms with Gasteiger partial charge in [0.2, 0.25) is 11.6 Å². The molecule has 1 aromatic rings. The van der Waals surface area contributed by atoms with E-state index in [1.807, 2.05) is 13.8 Å². The zero-order valence-electron chi connectivity index (χ0n) is 14.1. The molecule has 24 heavy (non-hydrogen) atoms. The van der Waals surface area contributed by atoms with E-state index in [1.54, 1.807) is 19.9 Å². The molecule has 2 unspecified atom stereocenters. The predicted molar refractivity (Wildman–Crippen MR) is 83.7 cm³/mol. The number of allylic oxidation sites excluding steroid dienone is 2. The second kappa shape index (κ2) is 7.37. The second-order valence-electron chi connectivity index (χ2n) is 6.01. The fourth-order valence-corrected chi connectivity index (χ4v) is 2.45. The molecule has 2 rings (SSSR count). The van der Waals surface area contributed by atoms with Gasteiger partial charge in [0.15, 0.2) is 5.70 Å². The van der Waals surface area contributed by atoms with Gasteiger partial charge in [0, 0.05) is 18.4 Å². The highest BCUT2D eigenvalue weighted by molar-refractivity contribution is 6.09. The van der Waals surface area contributed by atoms with Crippen LogP contribution in [0, 0.1) is 11.8 Å². The van der Waals surface area contributed by atoms with Crippen molar-refractivity contribution in [3.63, 3.8) is 0 Å². The van der Waals surface area contributed by atoms with Crippen molar-refractivity contribution in [2.45, 2.75) is 40.0 Å². The number of carbonyl (C=O) groups excluding carboxylic acids is 2. The number of rotatable bonds is 5. The molecule has 0 fully saturated rings. The molecule has 0 spiro atoms. The molecule has 0 aliphatic heterocycles. The van der Waals surface area contributed by atoms with E-state index in [0.29, 0.717) is 5.76 Å². The van der Waals surface area contributed by atoms with Crippen LogP contribution in [0.25, 0.3) is 0 Å². The number of carbonyl (C=O) groups is 2. The maximum atomic E-state index is 12.5. The number of nitrogens with zero attached hydrogens (tertiary/aromatic N) is 3. The van der Waals surface area contributed by atoms with Gasteiger partial charge in [-0.25, -0.2) is 0 Å². The van der Waals surface area contributed by atoms with Crippen molar-refractivity contribution in [2.75, 3.05) is 6.61 Å². The number of aliphatic hydroxyl groups is 1. The SMILES string of the molecule is CCOC(=O)C1C(=O)C(N=Nc2cc(C(C)C)on2)=C(O)CC1C. The predicted octanol–water partition coefficient (Wildman–Crippen LogP) is 3.44. The van der Waals surface area contributed by atoms with Crippen molar-refractivity contribution in [2.24, 2.45) is 22.1 Å². The van der Waals surface area contributed by atoms with Crippen LogP contribution in [0.3, 0.4) is 0 Å². The van der Waals surface area contributed by atoms with E-state index in [0.717, 1.165) is 0 Å². The van der Waals surface area contributed by atoms with Crippen LogP contribution in [0.5, 0.6) is 0 Å². The minimum atomic E-state index is -0.988. The smallest absolute Gasteiger partial charge is 0.317 e. The normalized spacial score (nSPS) is 21.8. The Labute approximate surface area is 139 Å². The summed E-state index contributed by atoms with van der Waals surface area (Å²) in [5, 5.41) is 21.4. The number of ether oxygens (including phenoxy) is 1. The maximum Gasteiger partial charge on any atom is 0.317 e. The third kappa shape index (κ3) is 3.69. The van der Waals surface area contributed by atoms with Crippen molar-refractivity contribution in [1.82, 2.24) is 5.16 Å². The molecule has 8 heteroatoms. The highest BCUT2D eigenvalue weighted by Crippen LogP contribution is 2.32. The van der Waals surface area contributed by atoms with E-state index in [4.69, 9.17) is 9.26 Å². The topological polar surface area (TPSA) is 114 Å². The van der Waals surface area contributed by atoms with Gasteiger partial charge in [0.1, 0.15) is 17.4 Å². The van der Waals surface area contributed by atoms with E-state index < -0.39 is 17.7 Å². The van der Waals surface area contributed by atoms with E-state index in [1.165, 1.54) is 0 Å². The fraction of sp³-hybridized carbons (Fsp3) is 0.562. The third-order valence-corrected chi connectivity index (χ3v) is 3.75. The zero-order valence-corrected chi connectivity index (χ0v) is 14.1. The van der Waals surface area contributed by atoms with Crippen LogP contribution < -0.4 is 0 Å². The first-order chi connectivity index (χ1) is 11.3. The first-order valence-electron chi connectivity index (χ1n) is 7.86. The first kappa shape index (κ1) is 17.8. The summed E-state index contributed by atoms with van der Waals surface area (Å²) in [5.74, 6) is -1.79. The zero-order chi connectivity index (χ0) is 17.9. The van der Waals surface area contributed by atoms with Crippen LogP contribution in [0.4, 0.5) is 5.82 Å². The van der Waals surface area contributed by atoms with Gasteiger partial charge >= 0.3 is 5.97 Å². The van der Waals surface area contributed by atoms with Gasteiger partial charge in [-0.05, 0) is 12.8 Å². The number of hydrogen-bond acceptors (Lipinski definition) is 8. The lowest BCUT2D eigenvalue weighted by Gasteiger charge is -2.25. The summed E-state index contributed by atoms with van der Waals surface area (Å²) in [6.45, 7) is 7.42. The maximum absolute atomic E-state index is 12.5. The number of azo groups is 1. The summed E-state index contributed by atoms with van der Waals surface area (Å²) in [4.78, 5) is 24.5. The van der Waals surface area contributed by atoms with Crippen molar-refractivity contribution in [3.8, 4) is 0 Å². The van der Waals surface area contributed by atoms with Crippen LogP contribution in [-0.4, -0.2) is 28.6 Å². The fourth-order valence-electron chi connectivity index (χ4n) is 2.45. The summed E-state index contributed by atoms with van der Waals surface area (Å²) in [6.07, 6.45) is 0.152. The average molecular weight is 335 g/mol. The molecule has 1 heterocycles. The minimum absolute atomic E-state index is 0.138. The lowest BCUT2D eigenvalue weighted by atomic mass is 9.81. The standard InChI is InChI=1S/C16H21N3O5/c1-5-23-16(22)13-9(4)6-10(20)14(15(13)21)18-17-12-7-11(8(2)3)24-19-12/h7-9,13,20H,5-6H2,1-4H3. The Bertz CT molecular complexity index is 690. The molecule has 2 atom stereocenters. The molecule has 0 saturated heterocycles. The molecule has 0 aromatic carbocycles. The molecule has 0 radical (unpaired) electrons. The Morgan fingerprint density at radius 1 is 1.50 bits per heavy atom. The minimum Gasteiger partial charge on any atom is -0.510 e. The highest BCUT2D eigenvalue weighted by atomic mass is 16.5. The van der Waals surface area contributed by atoms with E-state index >= 15 is 0 Å². The molecule has 8 nitrogen and oxygen atoms in total. The summed E-state index contributed by atoms with van der Waals surface area (Å²) in [5.41, 5.74) is -0.236. The number of hydrogen-bond donors (Lipinski definition) is 1. The van der Waals surface area contributed by atoms with Gasteiger partial charge in [-0.3, -0.25) is 9.59 Å². The number of aromatic nitrogens is 1. The molecular weight excluding hydrogens is 314 g/mol. The quantitative estimate of drug-likeness (QED) is 0.501. The van der Waals surface area contributed by atoms with Crippen molar-refractivity contribution < 1.29 is 24.0 Å². The molecule has 0 amide bonds. The summed E-state index contributed by atoms with van der Waals surface area (Å²) >= 11 is 0. The first-order valence-corrected chi connectivity index (χ1v) is 7.86. The van der Waals surface area contributed by atoms with Crippen molar-refractivity contribution in [1.29, 1.82) is 0 Å². The summed E-state index contributed by atoms with van der Waals surface area (Å²) in [6, 6.07) is 1.60. The van der Waals surface area contributed by atoms with Crippen molar-refractivity contribution in [3.05, 3.63) is 23.3 Å². The van der Waals surface area contributed by atoms with E-state index in [-0.39, 0.29) is 42.1 Å². The molecule has 0 saturated carbocycles. The highest BCUT2D eigenvalue weighted by Gasteiger charge is 2.41. The van der Waals surface area contributed by atoms with Gasteiger partial charge in [-0.1, -0.05) is 25.9 Å². The van der Waals surface area contributed by atoms with Crippen LogP contribution in [0.1, 0.15) is 45.8 Å². The number of Topliss-reactive ketones (excluding diaryl/α,β-unsaturated/α-hetero) is 1. The van der Waals surface area contributed by atoms with Gasteiger partial charge in [-0.15, -0.1) is 10.2 Å². The third-order valence-electron chi connectivity index (χ3n) is 3.75. The summed E-state index contributed by atoms with van der Waals surface area (Å²) in [7, 11) is 0. The Hall–Kier alpha value is -2.51. The number of ketones is 1. The molecule has 1 aliphatic carbocycles. The average Bonchev–Trinajstić information content (AvgIpc) is 2.96. The van der Waals surface area contributed by atoms with Gasteiger partial charge in [0.25, 0.3) is 0 Å². The second-order valence-corrected chi connectivity index (χ2v) is 6.01. The van der Waals surface area contributed by atoms with Crippen LogP contribution in [0.15, 0.2) is 32.3 Å². The van der Waals surface area contributed by atoms with Gasteiger partial charge < -0.3 is 14.4 Å². The Morgan fingerprint density at radius 2 is 2.21 bits per heavy atom. The van der Waals surface area contributed by atoms with E-state index in [2.05, 4.69) is 15.4 Å². The largest absolute Gasteiger partial charge is 0.510 e. The lowest BCUT2D eigenvalue weighted by Crippen LogP contribution is -2.36. The summed E-state index contributed by atoms with van der Waals surface area (Å²) < 4.78 is 10.0. The van der Waals surface area contributed by atoms with Crippen LogP contribution in [0.2, 0.25) is 0 Å². The van der Waals surface area contributed by atoms with Crippen LogP contribution in [-0.2, 0) is 14.3 Å². The lowest BCUT2D eigenvalue weighted by molar-refractivity contribution is -0.153. The Kier molecular flexibility index (Phi) is 5.48. The van der Waals surface area contributed by atoms with Crippen molar-refractivity contribution >= 4 is 17.6 Å². The molecular formula is C16H21N3O5. The molecule has 0 bridgehead atoms.